The Morgan fingerprint density at radius 3 is 2.33 bits per heavy atom. The summed E-state index contributed by atoms with van der Waals surface area (Å²) in [5.41, 5.74) is -0.792. The molecule has 0 aromatic heterocycles. The number of hydrogen-bond donors (Lipinski definition) is 0. The van der Waals surface area contributed by atoms with E-state index in [0.29, 0.717) is 19.6 Å². The topological polar surface area (TPSA) is 35.5 Å². The lowest BCUT2D eigenvalue weighted by Gasteiger charge is -2.16. The molecule has 21 heavy (non-hydrogen) atoms. The smallest absolute Gasteiger partial charge is 0.353 e. The number of benzene rings is 1. The maximum absolute atomic E-state index is 12.6. The van der Waals surface area contributed by atoms with Gasteiger partial charge >= 0.3 is 6.18 Å². The van der Waals surface area contributed by atoms with Crippen LogP contribution in [-0.4, -0.2) is 29.5 Å². The fourth-order valence-electron chi connectivity index (χ4n) is 1.72. The Labute approximate surface area is 124 Å². The summed E-state index contributed by atoms with van der Waals surface area (Å²) in [4.78, 5) is 0.163. The molecule has 0 radical (unpaired) electrons. The molecule has 0 aliphatic carbocycles. The monoisotopic (exact) mass is 324 g/mol. The summed E-state index contributed by atoms with van der Waals surface area (Å²) in [7, 11) is -1.52. The van der Waals surface area contributed by atoms with Gasteiger partial charge in [-0.25, -0.2) is 0 Å². The van der Waals surface area contributed by atoms with E-state index in [2.05, 4.69) is 0 Å². The quantitative estimate of drug-likeness (QED) is 0.685. The standard InChI is InChI=1S/C14H19F3O3S/c1-3-19-13(20-4-2)8-9-21(18)12-7-5-6-11(10-12)14(15,16)17/h5-7,10,13H,3-4,8-9H2,1-2H3. The van der Waals surface area contributed by atoms with Crippen LogP contribution in [0.25, 0.3) is 0 Å². The first-order valence-electron chi connectivity index (χ1n) is 6.67. The van der Waals surface area contributed by atoms with E-state index >= 15 is 0 Å². The molecule has 1 atom stereocenters. The van der Waals surface area contributed by atoms with Crippen LogP contribution in [0.2, 0.25) is 0 Å². The van der Waals surface area contributed by atoms with Gasteiger partial charge in [0.2, 0.25) is 0 Å². The Hall–Kier alpha value is -0.920. The van der Waals surface area contributed by atoms with Crippen LogP contribution in [0.4, 0.5) is 13.2 Å². The Balaban J connectivity index is 2.67. The van der Waals surface area contributed by atoms with Crippen LogP contribution in [0.5, 0.6) is 0 Å². The van der Waals surface area contributed by atoms with Gasteiger partial charge < -0.3 is 9.47 Å². The van der Waals surface area contributed by atoms with Gasteiger partial charge in [0, 0.05) is 30.3 Å². The minimum atomic E-state index is -4.43. The second-order valence-electron chi connectivity index (χ2n) is 4.20. The number of hydrogen-bond acceptors (Lipinski definition) is 3. The lowest BCUT2D eigenvalue weighted by atomic mass is 10.2. The van der Waals surface area contributed by atoms with Gasteiger partial charge in [-0.1, -0.05) is 6.07 Å². The van der Waals surface area contributed by atoms with Gasteiger partial charge in [-0.15, -0.1) is 0 Å². The number of ether oxygens (including phenoxy) is 2. The van der Waals surface area contributed by atoms with Crippen LogP contribution in [0.3, 0.4) is 0 Å². The first kappa shape index (κ1) is 18.1. The Kier molecular flexibility index (Phi) is 7.34. The van der Waals surface area contributed by atoms with Gasteiger partial charge in [0.15, 0.2) is 6.29 Å². The lowest BCUT2D eigenvalue weighted by Crippen LogP contribution is -2.20. The van der Waals surface area contributed by atoms with Crippen LogP contribution in [0, 0.1) is 0 Å². The minimum absolute atomic E-state index is 0.163. The van der Waals surface area contributed by atoms with Crippen molar-refractivity contribution in [3.63, 3.8) is 0 Å². The molecule has 3 nitrogen and oxygen atoms in total. The molecule has 0 fully saturated rings. The van der Waals surface area contributed by atoms with Gasteiger partial charge in [0.05, 0.1) is 16.4 Å². The molecule has 0 N–H and O–H groups in total. The Morgan fingerprint density at radius 1 is 1.19 bits per heavy atom. The average molecular weight is 324 g/mol. The molecule has 7 heteroatoms. The molecule has 0 saturated heterocycles. The molecule has 0 amide bonds. The van der Waals surface area contributed by atoms with E-state index in [0.717, 1.165) is 12.1 Å². The molecule has 0 aliphatic rings. The van der Waals surface area contributed by atoms with Crippen molar-refractivity contribution in [2.75, 3.05) is 19.0 Å². The van der Waals surface area contributed by atoms with Crippen molar-refractivity contribution < 1.29 is 26.9 Å². The summed E-state index contributed by atoms with van der Waals surface area (Å²) in [6.07, 6.45) is -4.54. The summed E-state index contributed by atoms with van der Waals surface area (Å²) in [6.45, 7) is 4.55. The third kappa shape index (κ3) is 6.15. The fraction of sp³-hybridized carbons (Fsp3) is 0.571. The van der Waals surface area contributed by atoms with Gasteiger partial charge in [0.1, 0.15) is 0 Å². The predicted octanol–water partition coefficient (Wildman–Crippen LogP) is 3.60. The van der Waals surface area contributed by atoms with Crippen LogP contribution in [-0.2, 0) is 26.4 Å². The molecule has 0 bridgehead atoms. The van der Waals surface area contributed by atoms with Crippen molar-refractivity contribution in [1.82, 2.24) is 0 Å². The zero-order valence-corrected chi connectivity index (χ0v) is 12.8. The first-order chi connectivity index (χ1) is 9.88. The van der Waals surface area contributed by atoms with Crippen LogP contribution < -0.4 is 0 Å². The van der Waals surface area contributed by atoms with Gasteiger partial charge in [-0.2, -0.15) is 13.2 Å². The highest BCUT2D eigenvalue weighted by Gasteiger charge is 2.30. The maximum Gasteiger partial charge on any atom is 0.416 e. The zero-order chi connectivity index (χ0) is 15.9. The van der Waals surface area contributed by atoms with Gasteiger partial charge in [0.25, 0.3) is 0 Å². The van der Waals surface area contributed by atoms with Crippen LogP contribution >= 0.6 is 0 Å². The van der Waals surface area contributed by atoms with Crippen molar-refractivity contribution >= 4 is 10.8 Å². The second kappa shape index (κ2) is 8.51. The SMILES string of the molecule is CCOC(CCS(=O)c1cccc(C(F)(F)F)c1)OCC. The molecule has 1 rings (SSSR count). The van der Waals surface area contributed by atoms with Crippen LogP contribution in [0.1, 0.15) is 25.8 Å². The molecule has 0 heterocycles. The van der Waals surface area contributed by atoms with Crippen molar-refractivity contribution in [2.24, 2.45) is 0 Å². The third-order valence-corrected chi connectivity index (χ3v) is 4.05. The molecule has 120 valence electrons. The van der Waals surface area contributed by atoms with Crippen molar-refractivity contribution in [2.45, 2.75) is 37.6 Å². The average Bonchev–Trinajstić information content (AvgIpc) is 2.44. The molecule has 1 aromatic carbocycles. The minimum Gasteiger partial charge on any atom is -0.353 e. The predicted molar refractivity (Wildman–Crippen MR) is 74.4 cm³/mol. The molecular formula is C14H19F3O3S. The fourth-order valence-corrected chi connectivity index (χ4v) is 2.85. The van der Waals surface area contributed by atoms with Crippen molar-refractivity contribution in [1.29, 1.82) is 0 Å². The van der Waals surface area contributed by atoms with E-state index < -0.39 is 28.8 Å². The lowest BCUT2D eigenvalue weighted by molar-refractivity contribution is -0.138. The van der Waals surface area contributed by atoms with E-state index in [-0.39, 0.29) is 10.6 Å². The third-order valence-electron chi connectivity index (χ3n) is 2.67. The molecule has 0 aliphatic heterocycles. The second-order valence-corrected chi connectivity index (χ2v) is 5.77. The number of alkyl halides is 3. The number of halogens is 3. The summed E-state index contributed by atoms with van der Waals surface area (Å²) >= 11 is 0. The maximum atomic E-state index is 12.6. The molecule has 0 spiro atoms. The summed E-state index contributed by atoms with van der Waals surface area (Å²) in [5.74, 6) is 0.186. The normalized spacial score (nSPS) is 13.6. The molecule has 1 aromatic rings. The van der Waals surface area contributed by atoms with Crippen LogP contribution in [0.15, 0.2) is 29.2 Å². The first-order valence-corrected chi connectivity index (χ1v) is 7.99. The van der Waals surface area contributed by atoms with E-state index in [9.17, 15) is 17.4 Å². The van der Waals surface area contributed by atoms with Crippen molar-refractivity contribution in [3.05, 3.63) is 29.8 Å². The largest absolute Gasteiger partial charge is 0.416 e. The van der Waals surface area contributed by atoms with E-state index in [1.807, 2.05) is 13.8 Å². The summed E-state index contributed by atoms with van der Waals surface area (Å²) in [5, 5.41) is 0. The van der Waals surface area contributed by atoms with Gasteiger partial charge in [-0.05, 0) is 32.0 Å². The highest BCUT2D eigenvalue weighted by atomic mass is 32.2. The zero-order valence-electron chi connectivity index (χ0n) is 12.0. The Bertz CT molecular complexity index is 457. The van der Waals surface area contributed by atoms with Crippen molar-refractivity contribution in [3.8, 4) is 0 Å². The summed E-state index contributed by atoms with van der Waals surface area (Å²) < 4.78 is 60.5. The summed E-state index contributed by atoms with van der Waals surface area (Å²) in [6, 6.07) is 4.58. The van der Waals surface area contributed by atoms with E-state index in [4.69, 9.17) is 9.47 Å². The van der Waals surface area contributed by atoms with Gasteiger partial charge in [-0.3, -0.25) is 4.21 Å². The highest BCUT2D eigenvalue weighted by Crippen LogP contribution is 2.30. The van der Waals surface area contributed by atoms with E-state index in [1.165, 1.54) is 12.1 Å². The molecular weight excluding hydrogens is 305 g/mol. The molecule has 1 unspecified atom stereocenters. The Morgan fingerprint density at radius 2 is 1.81 bits per heavy atom. The number of rotatable bonds is 8. The molecule has 0 saturated carbocycles. The highest BCUT2D eigenvalue weighted by molar-refractivity contribution is 7.85. The van der Waals surface area contributed by atoms with E-state index in [1.54, 1.807) is 0 Å².